The van der Waals surface area contributed by atoms with Crippen LogP contribution in [0, 0.1) is 0 Å². The summed E-state index contributed by atoms with van der Waals surface area (Å²) in [6.45, 7) is 7.18. The molecule has 0 fully saturated rings. The Bertz CT molecular complexity index is 173. The Balaban J connectivity index is 3.83. The summed E-state index contributed by atoms with van der Waals surface area (Å²) < 4.78 is 5.08. The van der Waals surface area contributed by atoms with Crippen LogP contribution in [-0.4, -0.2) is 19.0 Å². The van der Waals surface area contributed by atoms with Crippen LogP contribution in [0.2, 0.25) is 0 Å². The smallest absolute Gasteiger partial charge is 0.161 e. The summed E-state index contributed by atoms with van der Waals surface area (Å²) in [5.74, 6) is 0.157. The number of Topliss-reactive ketones (excluding diaryl/α,β-unsaturated/α-hetero) is 1. The molecule has 0 saturated heterocycles. The molecule has 74 valence electrons. The van der Waals surface area contributed by atoms with Crippen LogP contribution < -0.4 is 0 Å². The number of carbonyl (C=O) groups is 1. The van der Waals surface area contributed by atoms with Crippen LogP contribution in [0.4, 0.5) is 0 Å². The fourth-order valence-corrected chi connectivity index (χ4v) is 1.08. The van der Waals surface area contributed by atoms with Crippen molar-refractivity contribution >= 4 is 5.78 Å². The second kappa shape index (κ2) is 7.74. The maximum absolute atomic E-state index is 11.4. The Hall–Kier alpha value is -0.890. The Morgan fingerprint density at radius 2 is 2.00 bits per heavy atom. The van der Waals surface area contributed by atoms with Crippen LogP contribution >= 0.6 is 0 Å². The quantitative estimate of drug-likeness (QED) is 0.539. The summed E-state index contributed by atoms with van der Waals surface area (Å²) in [6.07, 6.45) is 6.09. The molecule has 0 radical (unpaired) electrons. The third kappa shape index (κ3) is 5.36. The van der Waals surface area contributed by atoms with Gasteiger partial charge in [-0.25, -0.2) is 0 Å². The summed E-state index contributed by atoms with van der Waals surface area (Å²) in [5.41, 5.74) is 0. The molecular formula is C11H18O2. The molecule has 0 bridgehead atoms. The van der Waals surface area contributed by atoms with E-state index in [4.69, 9.17) is 4.74 Å². The minimum Gasteiger partial charge on any atom is -0.374 e. The normalized spacial score (nSPS) is 12.1. The van der Waals surface area contributed by atoms with Crippen LogP contribution in [0.1, 0.15) is 25.7 Å². The molecule has 13 heavy (non-hydrogen) atoms. The van der Waals surface area contributed by atoms with Crippen molar-refractivity contribution in [3.05, 3.63) is 25.3 Å². The van der Waals surface area contributed by atoms with E-state index in [1.165, 1.54) is 0 Å². The lowest BCUT2D eigenvalue weighted by Crippen LogP contribution is -2.22. The zero-order valence-electron chi connectivity index (χ0n) is 8.29. The first-order valence-electron chi connectivity index (χ1n) is 4.53. The molecule has 0 aromatic carbocycles. The first-order chi connectivity index (χ1) is 6.26. The fourth-order valence-electron chi connectivity index (χ4n) is 1.08. The lowest BCUT2D eigenvalue weighted by Gasteiger charge is -2.11. The molecular weight excluding hydrogens is 164 g/mol. The average Bonchev–Trinajstić information content (AvgIpc) is 2.16. The van der Waals surface area contributed by atoms with Crippen LogP contribution in [-0.2, 0) is 9.53 Å². The molecule has 0 N–H and O–H groups in total. The van der Waals surface area contributed by atoms with E-state index in [-0.39, 0.29) is 11.9 Å². The highest BCUT2D eigenvalue weighted by Crippen LogP contribution is 2.07. The Morgan fingerprint density at radius 3 is 2.46 bits per heavy atom. The van der Waals surface area contributed by atoms with Gasteiger partial charge in [0.2, 0.25) is 0 Å². The summed E-state index contributed by atoms with van der Waals surface area (Å²) in [6, 6.07) is 0. The second-order valence-corrected chi connectivity index (χ2v) is 2.88. The highest BCUT2D eigenvalue weighted by Gasteiger charge is 2.15. The van der Waals surface area contributed by atoms with Gasteiger partial charge in [-0.05, 0) is 19.3 Å². The number of carbonyl (C=O) groups excluding carboxylic acids is 1. The third-order valence-electron chi connectivity index (χ3n) is 1.87. The Labute approximate surface area is 80.3 Å². The molecule has 0 aliphatic carbocycles. The molecule has 0 spiro atoms. The van der Waals surface area contributed by atoms with E-state index in [1.807, 2.05) is 0 Å². The van der Waals surface area contributed by atoms with Crippen molar-refractivity contribution < 1.29 is 9.53 Å². The standard InChI is InChI=1S/C11H18O2/c1-4-6-8-10(12)11(13-3)9-7-5-2/h4-5,11H,1-2,6-9H2,3H3. The predicted molar refractivity (Wildman–Crippen MR) is 54.7 cm³/mol. The van der Waals surface area contributed by atoms with Crippen molar-refractivity contribution in [3.8, 4) is 0 Å². The van der Waals surface area contributed by atoms with Crippen LogP contribution in [0.5, 0.6) is 0 Å². The Kier molecular flexibility index (Phi) is 7.21. The van der Waals surface area contributed by atoms with E-state index in [1.54, 1.807) is 19.3 Å². The molecule has 1 unspecified atom stereocenters. The van der Waals surface area contributed by atoms with Gasteiger partial charge < -0.3 is 4.74 Å². The van der Waals surface area contributed by atoms with Crippen molar-refractivity contribution in [2.24, 2.45) is 0 Å². The largest absolute Gasteiger partial charge is 0.374 e. The van der Waals surface area contributed by atoms with E-state index in [0.29, 0.717) is 6.42 Å². The molecule has 0 saturated carbocycles. The van der Waals surface area contributed by atoms with Gasteiger partial charge in [-0.15, -0.1) is 13.2 Å². The van der Waals surface area contributed by atoms with Crippen molar-refractivity contribution in [2.45, 2.75) is 31.8 Å². The molecule has 0 aliphatic heterocycles. The SMILES string of the molecule is C=CCCC(=O)C(CCC=C)OC. The summed E-state index contributed by atoms with van der Waals surface area (Å²) >= 11 is 0. The topological polar surface area (TPSA) is 26.3 Å². The minimum atomic E-state index is -0.266. The first-order valence-corrected chi connectivity index (χ1v) is 4.53. The fraction of sp³-hybridized carbons (Fsp3) is 0.545. The van der Waals surface area contributed by atoms with Gasteiger partial charge in [0.15, 0.2) is 5.78 Å². The van der Waals surface area contributed by atoms with Crippen molar-refractivity contribution in [3.63, 3.8) is 0 Å². The van der Waals surface area contributed by atoms with Crippen LogP contribution in [0.15, 0.2) is 25.3 Å². The van der Waals surface area contributed by atoms with Gasteiger partial charge in [-0.1, -0.05) is 12.2 Å². The summed E-state index contributed by atoms with van der Waals surface area (Å²) in [4.78, 5) is 11.4. The molecule has 0 aliphatic rings. The summed E-state index contributed by atoms with van der Waals surface area (Å²) in [7, 11) is 1.57. The lowest BCUT2D eigenvalue weighted by molar-refractivity contribution is -0.129. The van der Waals surface area contributed by atoms with Crippen LogP contribution in [0.25, 0.3) is 0 Å². The van der Waals surface area contributed by atoms with E-state index in [2.05, 4.69) is 13.2 Å². The molecule has 0 rings (SSSR count). The molecule has 2 heteroatoms. The molecule has 0 aromatic heterocycles. The van der Waals surface area contributed by atoms with Gasteiger partial charge in [0, 0.05) is 13.5 Å². The summed E-state index contributed by atoms with van der Waals surface area (Å²) in [5, 5.41) is 0. The van der Waals surface area contributed by atoms with Crippen molar-refractivity contribution in [1.82, 2.24) is 0 Å². The maximum Gasteiger partial charge on any atom is 0.161 e. The highest BCUT2D eigenvalue weighted by molar-refractivity contribution is 5.83. The van der Waals surface area contributed by atoms with E-state index >= 15 is 0 Å². The van der Waals surface area contributed by atoms with Crippen molar-refractivity contribution in [2.75, 3.05) is 7.11 Å². The number of hydrogen-bond acceptors (Lipinski definition) is 2. The zero-order chi connectivity index (χ0) is 10.1. The Morgan fingerprint density at radius 1 is 1.38 bits per heavy atom. The molecule has 1 atom stereocenters. The second-order valence-electron chi connectivity index (χ2n) is 2.88. The van der Waals surface area contributed by atoms with Gasteiger partial charge in [0.05, 0.1) is 0 Å². The molecule has 0 heterocycles. The van der Waals surface area contributed by atoms with E-state index < -0.39 is 0 Å². The number of hydrogen-bond donors (Lipinski definition) is 0. The van der Waals surface area contributed by atoms with Gasteiger partial charge in [-0.3, -0.25) is 4.79 Å². The number of ketones is 1. The van der Waals surface area contributed by atoms with Crippen molar-refractivity contribution in [1.29, 1.82) is 0 Å². The number of methoxy groups -OCH3 is 1. The van der Waals surface area contributed by atoms with Gasteiger partial charge in [-0.2, -0.15) is 0 Å². The van der Waals surface area contributed by atoms with Gasteiger partial charge in [0.25, 0.3) is 0 Å². The lowest BCUT2D eigenvalue weighted by atomic mass is 10.1. The molecule has 0 amide bonds. The molecule has 2 nitrogen and oxygen atoms in total. The minimum absolute atomic E-state index is 0.157. The van der Waals surface area contributed by atoms with Gasteiger partial charge >= 0.3 is 0 Å². The monoisotopic (exact) mass is 182 g/mol. The average molecular weight is 182 g/mol. The van der Waals surface area contributed by atoms with Crippen LogP contribution in [0.3, 0.4) is 0 Å². The number of allylic oxidation sites excluding steroid dienone is 2. The third-order valence-corrected chi connectivity index (χ3v) is 1.87. The van der Waals surface area contributed by atoms with Gasteiger partial charge in [0.1, 0.15) is 6.10 Å². The molecule has 0 aromatic rings. The maximum atomic E-state index is 11.4. The zero-order valence-corrected chi connectivity index (χ0v) is 8.29. The number of ether oxygens (including phenoxy) is 1. The van der Waals surface area contributed by atoms with E-state index in [0.717, 1.165) is 19.3 Å². The first kappa shape index (κ1) is 12.1. The number of rotatable bonds is 8. The predicted octanol–water partition coefficient (Wildman–Crippen LogP) is 2.50. The van der Waals surface area contributed by atoms with E-state index in [9.17, 15) is 4.79 Å². The highest BCUT2D eigenvalue weighted by atomic mass is 16.5.